The molecule has 1 fully saturated rings. The highest BCUT2D eigenvalue weighted by molar-refractivity contribution is 6.04. The highest BCUT2D eigenvalue weighted by Crippen LogP contribution is 2.31. The van der Waals surface area contributed by atoms with E-state index in [4.69, 9.17) is 10.00 Å². The average Bonchev–Trinajstić information content (AvgIpc) is 3.60. The number of benzene rings is 1. The number of hydrogen-bond acceptors (Lipinski definition) is 6. The topological polar surface area (TPSA) is 122 Å². The first-order chi connectivity index (χ1) is 16.1. The Morgan fingerprint density at radius 3 is 2.85 bits per heavy atom. The smallest absolute Gasteiger partial charge is 0.258 e. The van der Waals surface area contributed by atoms with Crippen LogP contribution in [0.2, 0.25) is 0 Å². The lowest BCUT2D eigenvalue weighted by atomic mass is 10.1. The first-order valence-corrected chi connectivity index (χ1v) is 11.0. The van der Waals surface area contributed by atoms with Crippen LogP contribution in [0.1, 0.15) is 52.0 Å². The van der Waals surface area contributed by atoms with Crippen molar-refractivity contribution < 1.29 is 14.3 Å². The number of ether oxygens (including phenoxy) is 1. The van der Waals surface area contributed by atoms with Gasteiger partial charge in [-0.3, -0.25) is 19.5 Å². The van der Waals surface area contributed by atoms with Crippen LogP contribution in [0, 0.1) is 17.2 Å². The second-order valence-corrected chi connectivity index (χ2v) is 8.13. The van der Waals surface area contributed by atoms with Crippen molar-refractivity contribution in [1.29, 1.82) is 5.26 Å². The summed E-state index contributed by atoms with van der Waals surface area (Å²) in [6, 6.07) is 10.2. The Balaban J connectivity index is 1.57. The maximum Gasteiger partial charge on any atom is 0.258 e. The van der Waals surface area contributed by atoms with Gasteiger partial charge in [0, 0.05) is 38.6 Å². The molecule has 0 aliphatic heterocycles. The Morgan fingerprint density at radius 1 is 1.24 bits per heavy atom. The molecular weight excluding hydrogens is 420 g/mol. The molecule has 170 valence electrons. The Kier molecular flexibility index (Phi) is 6.95. The van der Waals surface area contributed by atoms with Crippen molar-refractivity contribution in [2.75, 3.05) is 25.6 Å². The van der Waals surface area contributed by atoms with Crippen molar-refractivity contribution >= 4 is 28.9 Å². The minimum atomic E-state index is -0.381. The number of methoxy groups -OCH3 is 1. The predicted octanol–water partition coefficient (Wildman–Crippen LogP) is 3.12. The third-order valence-corrected chi connectivity index (χ3v) is 5.59. The molecule has 2 amide bonds. The van der Waals surface area contributed by atoms with Crippen LogP contribution in [0.15, 0.2) is 36.5 Å². The average molecular weight is 447 g/mol. The molecule has 2 N–H and O–H groups in total. The summed E-state index contributed by atoms with van der Waals surface area (Å²) in [5, 5.41) is 14.9. The molecule has 2 heterocycles. The van der Waals surface area contributed by atoms with Gasteiger partial charge in [0.15, 0.2) is 5.65 Å². The zero-order valence-electron chi connectivity index (χ0n) is 18.5. The van der Waals surface area contributed by atoms with Crippen LogP contribution < -0.4 is 10.6 Å². The molecule has 1 aliphatic rings. The highest BCUT2D eigenvalue weighted by Gasteiger charge is 2.21. The highest BCUT2D eigenvalue weighted by atomic mass is 16.5. The summed E-state index contributed by atoms with van der Waals surface area (Å²) >= 11 is 0. The van der Waals surface area contributed by atoms with E-state index in [1.54, 1.807) is 35.9 Å². The SMILES string of the molecule is COCCCn1c(NC(=O)c2cccc(C#N)c2)nc2cc(C(=O)NCCC3CC3)cnc21. The quantitative estimate of drug-likeness (QED) is 0.462. The molecule has 33 heavy (non-hydrogen) atoms. The van der Waals surface area contributed by atoms with Gasteiger partial charge in [-0.05, 0) is 43.0 Å². The van der Waals surface area contributed by atoms with E-state index in [1.165, 1.54) is 25.1 Å². The number of anilines is 1. The zero-order chi connectivity index (χ0) is 23.2. The van der Waals surface area contributed by atoms with Crippen molar-refractivity contribution in [2.24, 2.45) is 5.92 Å². The molecule has 9 heteroatoms. The third kappa shape index (κ3) is 5.54. The summed E-state index contributed by atoms with van der Waals surface area (Å²) in [6.45, 7) is 1.72. The molecule has 4 rings (SSSR count). The van der Waals surface area contributed by atoms with Crippen LogP contribution in [0.3, 0.4) is 0 Å². The van der Waals surface area contributed by atoms with Gasteiger partial charge in [-0.2, -0.15) is 5.26 Å². The molecule has 0 atom stereocenters. The number of imidazole rings is 1. The summed E-state index contributed by atoms with van der Waals surface area (Å²) in [5.74, 6) is 0.507. The van der Waals surface area contributed by atoms with E-state index in [1.807, 2.05) is 6.07 Å². The minimum absolute atomic E-state index is 0.183. The van der Waals surface area contributed by atoms with E-state index >= 15 is 0 Å². The van der Waals surface area contributed by atoms with Crippen LogP contribution in [0.25, 0.3) is 11.2 Å². The molecule has 1 aliphatic carbocycles. The molecule has 2 aromatic heterocycles. The van der Waals surface area contributed by atoms with E-state index in [2.05, 4.69) is 20.6 Å². The van der Waals surface area contributed by atoms with Crippen LogP contribution in [0.4, 0.5) is 5.95 Å². The molecule has 0 unspecified atom stereocenters. The number of carbonyl (C=O) groups is 2. The van der Waals surface area contributed by atoms with Crippen LogP contribution >= 0.6 is 0 Å². The van der Waals surface area contributed by atoms with Crippen molar-refractivity contribution in [3.63, 3.8) is 0 Å². The molecule has 9 nitrogen and oxygen atoms in total. The Hall–Kier alpha value is -3.77. The lowest BCUT2D eigenvalue weighted by molar-refractivity contribution is 0.0951. The summed E-state index contributed by atoms with van der Waals surface area (Å²) in [6.07, 6.45) is 5.72. The fraction of sp³-hybridized carbons (Fsp3) is 0.375. The number of fused-ring (bicyclic) bond motifs is 1. The van der Waals surface area contributed by atoms with Gasteiger partial charge in [-0.25, -0.2) is 9.97 Å². The number of hydrogen-bond donors (Lipinski definition) is 2. The van der Waals surface area contributed by atoms with Gasteiger partial charge in [0.2, 0.25) is 5.95 Å². The first-order valence-electron chi connectivity index (χ1n) is 11.0. The maximum atomic E-state index is 12.8. The summed E-state index contributed by atoms with van der Waals surface area (Å²) < 4.78 is 6.95. The second kappa shape index (κ2) is 10.2. The first kappa shape index (κ1) is 22.4. The van der Waals surface area contributed by atoms with Crippen molar-refractivity contribution in [1.82, 2.24) is 19.9 Å². The predicted molar refractivity (Wildman–Crippen MR) is 123 cm³/mol. The van der Waals surface area contributed by atoms with Gasteiger partial charge >= 0.3 is 0 Å². The molecule has 1 aromatic carbocycles. The van der Waals surface area contributed by atoms with Gasteiger partial charge < -0.3 is 10.1 Å². The van der Waals surface area contributed by atoms with E-state index < -0.39 is 0 Å². The number of amides is 2. The van der Waals surface area contributed by atoms with E-state index in [0.29, 0.717) is 59.9 Å². The van der Waals surface area contributed by atoms with Gasteiger partial charge in [0.05, 0.1) is 17.2 Å². The van der Waals surface area contributed by atoms with E-state index in [9.17, 15) is 9.59 Å². The molecule has 0 spiro atoms. The molecule has 0 saturated heterocycles. The number of pyridine rings is 1. The number of nitriles is 1. The lowest BCUT2D eigenvalue weighted by Crippen LogP contribution is -2.24. The number of aryl methyl sites for hydroxylation is 1. The maximum absolute atomic E-state index is 12.8. The van der Waals surface area contributed by atoms with Gasteiger partial charge in [-0.1, -0.05) is 18.9 Å². The molecule has 1 saturated carbocycles. The zero-order valence-corrected chi connectivity index (χ0v) is 18.5. The normalized spacial score (nSPS) is 13.0. The number of nitrogens with one attached hydrogen (secondary N) is 2. The Morgan fingerprint density at radius 2 is 2.09 bits per heavy atom. The Bertz CT molecular complexity index is 1210. The minimum Gasteiger partial charge on any atom is -0.385 e. The van der Waals surface area contributed by atoms with Crippen LogP contribution in [0.5, 0.6) is 0 Å². The van der Waals surface area contributed by atoms with Crippen molar-refractivity contribution in [3.05, 3.63) is 53.2 Å². The Labute approximate surface area is 191 Å². The molecule has 0 radical (unpaired) electrons. The van der Waals surface area contributed by atoms with Gasteiger partial charge in [-0.15, -0.1) is 0 Å². The monoisotopic (exact) mass is 446 g/mol. The summed E-state index contributed by atoms with van der Waals surface area (Å²) in [4.78, 5) is 34.3. The lowest BCUT2D eigenvalue weighted by Gasteiger charge is -2.10. The molecular formula is C24H26N6O3. The van der Waals surface area contributed by atoms with Gasteiger partial charge in [0.1, 0.15) is 5.52 Å². The van der Waals surface area contributed by atoms with Gasteiger partial charge in [0.25, 0.3) is 11.8 Å². The largest absolute Gasteiger partial charge is 0.385 e. The fourth-order valence-corrected chi connectivity index (χ4v) is 3.61. The fourth-order valence-electron chi connectivity index (χ4n) is 3.61. The van der Waals surface area contributed by atoms with Crippen molar-refractivity contribution in [3.8, 4) is 6.07 Å². The van der Waals surface area contributed by atoms with Crippen molar-refractivity contribution in [2.45, 2.75) is 32.2 Å². The number of rotatable bonds is 10. The standard InChI is InChI=1S/C24H26N6O3/c1-33-11-3-10-30-21-20(13-19(15-27-21)22(31)26-9-8-16-6-7-16)28-24(30)29-23(32)18-5-2-4-17(12-18)14-25/h2,4-5,12-13,15-16H,3,6-11H2,1H3,(H,26,31)(H,28,29,32). The number of aromatic nitrogens is 3. The third-order valence-electron chi connectivity index (χ3n) is 5.59. The van der Waals surface area contributed by atoms with E-state index in [-0.39, 0.29) is 11.8 Å². The van der Waals surface area contributed by atoms with Crippen LogP contribution in [-0.4, -0.2) is 46.6 Å². The molecule has 3 aromatic rings. The summed E-state index contributed by atoms with van der Waals surface area (Å²) in [5.41, 5.74) is 2.27. The molecule has 0 bridgehead atoms. The van der Waals surface area contributed by atoms with Crippen LogP contribution in [-0.2, 0) is 11.3 Å². The summed E-state index contributed by atoms with van der Waals surface area (Å²) in [7, 11) is 1.63. The number of nitrogens with zero attached hydrogens (tertiary/aromatic N) is 4. The number of carbonyl (C=O) groups excluding carboxylic acids is 2. The second-order valence-electron chi connectivity index (χ2n) is 8.13. The van der Waals surface area contributed by atoms with E-state index in [0.717, 1.165) is 12.3 Å².